The molecular formula is C24H29N3O3. The summed E-state index contributed by atoms with van der Waals surface area (Å²) in [4.78, 5) is 24.4. The molecule has 30 heavy (non-hydrogen) atoms. The lowest BCUT2D eigenvalue weighted by atomic mass is 9.93. The lowest BCUT2D eigenvalue weighted by molar-refractivity contribution is -0.119. The van der Waals surface area contributed by atoms with Crippen molar-refractivity contribution in [3.05, 3.63) is 65.0 Å². The Hall–Kier alpha value is -2.57. The number of ketones is 1. The van der Waals surface area contributed by atoms with Crippen LogP contribution in [0.4, 0.5) is 0 Å². The fraction of sp³-hybridized carbons (Fsp3) is 0.458. The van der Waals surface area contributed by atoms with Gasteiger partial charge in [-0.15, -0.1) is 0 Å². The number of pyridine rings is 1. The molecule has 4 rings (SSSR count). The SMILES string of the molecule is COC[C@@H](CC(=O)Cc1cc2c(cn1)C(N1CCO[C@H](C)C1)=NC2)c1ccccc1. The van der Waals surface area contributed by atoms with Gasteiger partial charge in [0.05, 0.1) is 25.9 Å². The van der Waals surface area contributed by atoms with E-state index in [4.69, 9.17) is 14.5 Å². The second-order valence-electron chi connectivity index (χ2n) is 8.08. The van der Waals surface area contributed by atoms with Crippen molar-refractivity contribution in [2.24, 2.45) is 4.99 Å². The van der Waals surface area contributed by atoms with E-state index in [-0.39, 0.29) is 17.8 Å². The highest BCUT2D eigenvalue weighted by atomic mass is 16.5. The zero-order valence-corrected chi connectivity index (χ0v) is 17.7. The Labute approximate surface area is 177 Å². The number of rotatable bonds is 7. The summed E-state index contributed by atoms with van der Waals surface area (Å²) < 4.78 is 11.0. The Morgan fingerprint density at radius 3 is 2.93 bits per heavy atom. The number of hydrogen-bond acceptors (Lipinski definition) is 6. The van der Waals surface area contributed by atoms with Crippen LogP contribution in [0.3, 0.4) is 0 Å². The number of aromatic nitrogens is 1. The van der Waals surface area contributed by atoms with Crippen LogP contribution in [-0.4, -0.2) is 61.0 Å². The highest BCUT2D eigenvalue weighted by molar-refractivity contribution is 6.01. The summed E-state index contributed by atoms with van der Waals surface area (Å²) in [5.74, 6) is 1.25. The van der Waals surface area contributed by atoms with Gasteiger partial charge in [-0.3, -0.25) is 14.8 Å². The average Bonchev–Trinajstić information content (AvgIpc) is 3.17. The van der Waals surface area contributed by atoms with Crippen molar-refractivity contribution in [1.29, 1.82) is 0 Å². The number of methoxy groups -OCH3 is 1. The van der Waals surface area contributed by atoms with E-state index in [1.54, 1.807) is 7.11 Å². The molecule has 6 heteroatoms. The second kappa shape index (κ2) is 9.49. The van der Waals surface area contributed by atoms with Crippen LogP contribution in [-0.2, 0) is 27.2 Å². The van der Waals surface area contributed by atoms with E-state index in [0.717, 1.165) is 47.9 Å². The number of amidine groups is 1. The van der Waals surface area contributed by atoms with Crippen molar-refractivity contribution < 1.29 is 14.3 Å². The number of ether oxygens (including phenoxy) is 2. The van der Waals surface area contributed by atoms with Gasteiger partial charge >= 0.3 is 0 Å². The van der Waals surface area contributed by atoms with E-state index in [1.165, 1.54) is 0 Å². The summed E-state index contributed by atoms with van der Waals surface area (Å²) in [6.45, 7) is 5.68. The van der Waals surface area contributed by atoms with E-state index in [9.17, 15) is 4.79 Å². The third kappa shape index (κ3) is 4.77. The van der Waals surface area contributed by atoms with Crippen LogP contribution in [0, 0.1) is 0 Å². The van der Waals surface area contributed by atoms with Crippen LogP contribution in [0.5, 0.6) is 0 Å². The number of hydrogen-bond donors (Lipinski definition) is 0. The van der Waals surface area contributed by atoms with Crippen molar-refractivity contribution in [1.82, 2.24) is 9.88 Å². The molecule has 6 nitrogen and oxygen atoms in total. The molecule has 0 N–H and O–H groups in total. The smallest absolute Gasteiger partial charge is 0.139 e. The molecule has 0 spiro atoms. The van der Waals surface area contributed by atoms with Crippen molar-refractivity contribution in [3.63, 3.8) is 0 Å². The third-order valence-corrected chi connectivity index (χ3v) is 5.72. The Balaban J connectivity index is 1.41. The molecule has 0 unspecified atom stereocenters. The van der Waals surface area contributed by atoms with Crippen LogP contribution in [0.1, 0.15) is 41.6 Å². The van der Waals surface area contributed by atoms with Gasteiger partial charge < -0.3 is 14.4 Å². The first-order valence-corrected chi connectivity index (χ1v) is 10.6. The topological polar surface area (TPSA) is 64.0 Å². The summed E-state index contributed by atoms with van der Waals surface area (Å²) in [6.07, 6.45) is 2.88. The van der Waals surface area contributed by atoms with Gasteiger partial charge in [0.25, 0.3) is 0 Å². The van der Waals surface area contributed by atoms with E-state index in [1.807, 2.05) is 30.5 Å². The summed E-state index contributed by atoms with van der Waals surface area (Å²) in [6, 6.07) is 12.1. The largest absolute Gasteiger partial charge is 0.384 e. The fourth-order valence-electron chi connectivity index (χ4n) is 4.25. The normalized spacial score (nSPS) is 19.3. The monoisotopic (exact) mass is 407 g/mol. The van der Waals surface area contributed by atoms with Gasteiger partial charge in [-0.05, 0) is 24.1 Å². The molecule has 3 heterocycles. The van der Waals surface area contributed by atoms with Crippen molar-refractivity contribution in [2.75, 3.05) is 33.4 Å². The predicted molar refractivity (Wildman–Crippen MR) is 116 cm³/mol. The van der Waals surface area contributed by atoms with Crippen LogP contribution >= 0.6 is 0 Å². The summed E-state index contributed by atoms with van der Waals surface area (Å²) in [5, 5.41) is 0. The van der Waals surface area contributed by atoms with E-state index in [2.05, 4.69) is 28.9 Å². The number of carbonyl (C=O) groups is 1. The molecule has 0 radical (unpaired) electrons. The van der Waals surface area contributed by atoms with Crippen LogP contribution in [0.25, 0.3) is 0 Å². The third-order valence-electron chi connectivity index (χ3n) is 5.72. The Bertz CT molecular complexity index is 913. The lowest BCUT2D eigenvalue weighted by Crippen LogP contribution is -2.44. The van der Waals surface area contributed by atoms with Gasteiger partial charge in [0, 0.05) is 56.4 Å². The van der Waals surface area contributed by atoms with Crippen molar-refractivity contribution >= 4 is 11.6 Å². The molecular weight excluding hydrogens is 378 g/mol. The number of morpholine rings is 1. The summed E-state index contributed by atoms with van der Waals surface area (Å²) >= 11 is 0. The van der Waals surface area contributed by atoms with E-state index in [0.29, 0.717) is 26.0 Å². The highest BCUT2D eigenvalue weighted by Gasteiger charge is 2.26. The van der Waals surface area contributed by atoms with Crippen molar-refractivity contribution in [3.8, 4) is 0 Å². The quantitative estimate of drug-likeness (QED) is 0.706. The average molecular weight is 408 g/mol. The lowest BCUT2D eigenvalue weighted by Gasteiger charge is -2.32. The van der Waals surface area contributed by atoms with Gasteiger partial charge in [-0.1, -0.05) is 30.3 Å². The number of nitrogens with zero attached hydrogens (tertiary/aromatic N) is 3. The first-order chi connectivity index (χ1) is 14.6. The molecule has 1 aromatic carbocycles. The number of aliphatic imine (C=N–C) groups is 1. The minimum Gasteiger partial charge on any atom is -0.384 e. The highest BCUT2D eigenvalue weighted by Crippen LogP contribution is 2.24. The maximum absolute atomic E-state index is 12.8. The van der Waals surface area contributed by atoms with Gasteiger partial charge in [-0.25, -0.2) is 0 Å². The van der Waals surface area contributed by atoms with Crippen LogP contribution < -0.4 is 0 Å². The first-order valence-electron chi connectivity index (χ1n) is 10.6. The number of benzene rings is 1. The van der Waals surface area contributed by atoms with E-state index >= 15 is 0 Å². The molecule has 2 atom stereocenters. The molecule has 158 valence electrons. The molecule has 2 aromatic rings. The Morgan fingerprint density at radius 1 is 1.33 bits per heavy atom. The standard InChI is InChI=1S/C24H29N3O3/c1-17-15-27(8-9-30-17)24-23-14-25-21(10-19(23)13-26-24)12-22(28)11-20(16-29-2)18-6-4-3-5-7-18/h3-7,10,14,17,20H,8-9,11-13,15-16H2,1-2H3/t17-,20-/m1/s1. The second-order valence-corrected chi connectivity index (χ2v) is 8.08. The zero-order chi connectivity index (χ0) is 20.9. The number of fused-ring (bicyclic) bond motifs is 1. The number of carbonyl (C=O) groups excluding carboxylic acids is 1. The molecule has 1 saturated heterocycles. The van der Waals surface area contributed by atoms with Gasteiger partial charge in [-0.2, -0.15) is 0 Å². The molecule has 2 aliphatic rings. The van der Waals surface area contributed by atoms with Crippen molar-refractivity contribution in [2.45, 2.75) is 38.3 Å². The van der Waals surface area contributed by atoms with Gasteiger partial charge in [0.15, 0.2) is 0 Å². The minimum absolute atomic E-state index is 0.0661. The molecule has 0 aliphatic carbocycles. The van der Waals surface area contributed by atoms with E-state index < -0.39 is 0 Å². The maximum atomic E-state index is 12.8. The summed E-state index contributed by atoms with van der Waals surface area (Å²) in [5.41, 5.74) is 4.18. The molecule has 2 aliphatic heterocycles. The fourth-order valence-corrected chi connectivity index (χ4v) is 4.25. The molecule has 0 saturated carbocycles. The maximum Gasteiger partial charge on any atom is 0.139 e. The van der Waals surface area contributed by atoms with Crippen LogP contribution in [0.15, 0.2) is 47.6 Å². The Morgan fingerprint density at radius 2 is 2.17 bits per heavy atom. The molecule has 1 fully saturated rings. The van der Waals surface area contributed by atoms with Crippen LogP contribution in [0.2, 0.25) is 0 Å². The summed E-state index contributed by atoms with van der Waals surface area (Å²) in [7, 11) is 1.68. The Kier molecular flexibility index (Phi) is 6.55. The number of Topliss-reactive ketones (excluding diaryl/α,β-unsaturated/α-hetero) is 1. The first kappa shape index (κ1) is 20.7. The molecule has 0 amide bonds. The van der Waals surface area contributed by atoms with Gasteiger partial charge in [0.2, 0.25) is 0 Å². The minimum atomic E-state index is 0.0661. The molecule has 1 aromatic heterocycles. The van der Waals surface area contributed by atoms with Gasteiger partial charge in [0.1, 0.15) is 11.6 Å². The predicted octanol–water partition coefficient (Wildman–Crippen LogP) is 2.99. The molecule has 0 bridgehead atoms. The zero-order valence-electron chi connectivity index (χ0n) is 17.7.